The molecule has 1 saturated heterocycles. The molecule has 2 fully saturated rings. The van der Waals surface area contributed by atoms with Gasteiger partial charge in [0.25, 0.3) is 5.91 Å². The van der Waals surface area contributed by atoms with Crippen molar-refractivity contribution in [3.05, 3.63) is 29.8 Å². The van der Waals surface area contributed by atoms with Crippen molar-refractivity contribution in [3.63, 3.8) is 0 Å². The maximum absolute atomic E-state index is 12.4. The Balaban J connectivity index is 1.66. The van der Waals surface area contributed by atoms with Gasteiger partial charge in [-0.05, 0) is 43.5 Å². The third kappa shape index (κ3) is 3.42. The Morgan fingerprint density at radius 1 is 1.08 bits per heavy atom. The number of hydrogen-bond donors (Lipinski definition) is 2. The summed E-state index contributed by atoms with van der Waals surface area (Å²) in [6.07, 6.45) is 4.93. The Morgan fingerprint density at radius 3 is 2.42 bits per heavy atom. The Hall–Kier alpha value is -2.37. The second kappa shape index (κ2) is 7.03. The molecule has 3 rings (SSSR count). The molecule has 1 aromatic carbocycles. The van der Waals surface area contributed by atoms with Crippen LogP contribution in [0, 0.1) is 5.92 Å². The maximum atomic E-state index is 12.4. The number of nitrogens with two attached hydrogens (primary N) is 1. The second-order valence-corrected chi connectivity index (χ2v) is 6.57. The van der Waals surface area contributed by atoms with Gasteiger partial charge in [0.05, 0.1) is 5.92 Å². The number of carbonyl (C=O) groups excluding carboxylic acids is 3. The Labute approximate surface area is 141 Å². The zero-order valence-electron chi connectivity index (χ0n) is 13.7. The quantitative estimate of drug-likeness (QED) is 0.878. The van der Waals surface area contributed by atoms with Crippen LogP contribution in [-0.4, -0.2) is 30.3 Å². The molecule has 2 unspecified atom stereocenters. The van der Waals surface area contributed by atoms with Gasteiger partial charge in [-0.15, -0.1) is 0 Å². The highest BCUT2D eigenvalue weighted by atomic mass is 16.2. The number of primary amides is 1. The average molecular weight is 329 g/mol. The molecule has 6 heteroatoms. The second-order valence-electron chi connectivity index (χ2n) is 6.57. The van der Waals surface area contributed by atoms with Crippen molar-refractivity contribution in [1.82, 2.24) is 5.32 Å². The van der Waals surface area contributed by atoms with Crippen LogP contribution in [0.3, 0.4) is 0 Å². The molecular weight excluding hydrogens is 306 g/mol. The van der Waals surface area contributed by atoms with Crippen LogP contribution in [-0.2, 0) is 9.59 Å². The fourth-order valence-electron chi connectivity index (χ4n) is 3.61. The molecule has 1 saturated carbocycles. The first kappa shape index (κ1) is 16.5. The summed E-state index contributed by atoms with van der Waals surface area (Å²) in [6, 6.07) is 6.84. The van der Waals surface area contributed by atoms with Crippen molar-refractivity contribution in [2.75, 3.05) is 11.4 Å². The number of hydrogen-bond acceptors (Lipinski definition) is 3. The Morgan fingerprint density at radius 2 is 1.79 bits per heavy atom. The number of nitrogens with one attached hydrogen (secondary N) is 1. The van der Waals surface area contributed by atoms with E-state index >= 15 is 0 Å². The lowest BCUT2D eigenvalue weighted by Gasteiger charge is -2.30. The van der Waals surface area contributed by atoms with Crippen LogP contribution in [0.1, 0.15) is 48.9 Å². The van der Waals surface area contributed by atoms with Gasteiger partial charge < -0.3 is 16.0 Å². The van der Waals surface area contributed by atoms with Crippen LogP contribution in [0.15, 0.2) is 24.3 Å². The standard InChI is InChI=1S/C18H23N3O3/c19-17(23)14-4-1-2-5-15(14)20-18(24)12-7-9-13(10-8-12)21-11-3-6-16(21)22/h7-10,14-15H,1-6,11H2,(H2,19,23)(H,20,24). The van der Waals surface area contributed by atoms with Gasteiger partial charge in [0.1, 0.15) is 0 Å². The Bertz CT molecular complexity index is 641. The van der Waals surface area contributed by atoms with E-state index in [2.05, 4.69) is 5.32 Å². The van der Waals surface area contributed by atoms with Crippen LogP contribution < -0.4 is 16.0 Å². The van der Waals surface area contributed by atoms with E-state index in [-0.39, 0.29) is 29.7 Å². The largest absolute Gasteiger partial charge is 0.369 e. The minimum Gasteiger partial charge on any atom is -0.369 e. The lowest BCUT2D eigenvalue weighted by Crippen LogP contribution is -2.47. The topological polar surface area (TPSA) is 92.5 Å². The van der Waals surface area contributed by atoms with E-state index in [0.29, 0.717) is 12.0 Å². The van der Waals surface area contributed by atoms with Crippen molar-refractivity contribution < 1.29 is 14.4 Å². The summed E-state index contributed by atoms with van der Waals surface area (Å²) in [5.41, 5.74) is 6.80. The summed E-state index contributed by atoms with van der Waals surface area (Å²) in [5, 5.41) is 2.94. The highest BCUT2D eigenvalue weighted by Crippen LogP contribution is 2.25. The maximum Gasteiger partial charge on any atom is 0.251 e. The van der Waals surface area contributed by atoms with E-state index in [1.165, 1.54) is 0 Å². The highest BCUT2D eigenvalue weighted by molar-refractivity contribution is 5.97. The predicted octanol–water partition coefficient (Wildman–Crippen LogP) is 1.59. The first-order valence-electron chi connectivity index (χ1n) is 8.57. The molecule has 0 bridgehead atoms. The summed E-state index contributed by atoms with van der Waals surface area (Å²) < 4.78 is 0. The molecule has 2 atom stereocenters. The molecule has 24 heavy (non-hydrogen) atoms. The number of anilines is 1. The molecule has 6 nitrogen and oxygen atoms in total. The summed E-state index contributed by atoms with van der Waals surface area (Å²) in [7, 11) is 0. The number of benzene rings is 1. The van der Waals surface area contributed by atoms with Gasteiger partial charge >= 0.3 is 0 Å². The van der Waals surface area contributed by atoms with Crippen LogP contribution >= 0.6 is 0 Å². The summed E-state index contributed by atoms with van der Waals surface area (Å²) >= 11 is 0. The normalized spacial score (nSPS) is 24.0. The molecule has 1 aromatic rings. The number of rotatable bonds is 4. The summed E-state index contributed by atoms with van der Waals surface area (Å²) in [6.45, 7) is 0.729. The smallest absolute Gasteiger partial charge is 0.251 e. The molecule has 0 spiro atoms. The van der Waals surface area contributed by atoms with Gasteiger partial charge in [-0.25, -0.2) is 0 Å². The van der Waals surface area contributed by atoms with Crippen molar-refractivity contribution in [2.45, 2.75) is 44.6 Å². The van der Waals surface area contributed by atoms with E-state index in [1.54, 1.807) is 29.2 Å². The zero-order chi connectivity index (χ0) is 17.1. The van der Waals surface area contributed by atoms with Gasteiger partial charge in [-0.3, -0.25) is 14.4 Å². The molecule has 2 aliphatic rings. The SMILES string of the molecule is NC(=O)C1CCCCC1NC(=O)c1ccc(N2CCCC2=O)cc1. The zero-order valence-corrected chi connectivity index (χ0v) is 13.7. The van der Waals surface area contributed by atoms with E-state index < -0.39 is 0 Å². The highest BCUT2D eigenvalue weighted by Gasteiger charge is 2.30. The van der Waals surface area contributed by atoms with Gasteiger partial charge in [-0.1, -0.05) is 12.8 Å². The average Bonchev–Trinajstić information content (AvgIpc) is 3.01. The molecule has 1 aliphatic heterocycles. The Kier molecular flexibility index (Phi) is 4.83. The monoisotopic (exact) mass is 329 g/mol. The molecule has 1 heterocycles. The van der Waals surface area contributed by atoms with Crippen molar-refractivity contribution in [2.24, 2.45) is 11.7 Å². The first-order valence-corrected chi connectivity index (χ1v) is 8.57. The van der Waals surface area contributed by atoms with Gasteiger partial charge in [-0.2, -0.15) is 0 Å². The van der Waals surface area contributed by atoms with Gasteiger partial charge in [0.2, 0.25) is 11.8 Å². The fraction of sp³-hybridized carbons (Fsp3) is 0.500. The number of carbonyl (C=O) groups is 3. The van der Waals surface area contributed by atoms with E-state index in [4.69, 9.17) is 5.73 Å². The summed E-state index contributed by atoms with van der Waals surface area (Å²) in [5.74, 6) is -0.710. The molecule has 3 amide bonds. The molecule has 0 aromatic heterocycles. The van der Waals surface area contributed by atoms with Crippen molar-refractivity contribution in [3.8, 4) is 0 Å². The van der Waals surface area contributed by atoms with Crippen molar-refractivity contribution in [1.29, 1.82) is 0 Å². The van der Waals surface area contributed by atoms with Crippen molar-refractivity contribution >= 4 is 23.4 Å². The van der Waals surface area contributed by atoms with Crippen LogP contribution in [0.4, 0.5) is 5.69 Å². The van der Waals surface area contributed by atoms with Gasteiger partial charge in [0.15, 0.2) is 0 Å². The third-order valence-electron chi connectivity index (χ3n) is 4.96. The fourth-order valence-corrected chi connectivity index (χ4v) is 3.61. The first-order chi connectivity index (χ1) is 11.6. The third-order valence-corrected chi connectivity index (χ3v) is 4.96. The predicted molar refractivity (Wildman–Crippen MR) is 90.4 cm³/mol. The van der Waals surface area contributed by atoms with Gasteiger partial charge in [0, 0.05) is 30.3 Å². The molecule has 0 radical (unpaired) electrons. The van der Waals surface area contributed by atoms with E-state index in [0.717, 1.165) is 44.3 Å². The molecule has 3 N–H and O–H groups in total. The lowest BCUT2D eigenvalue weighted by atomic mass is 9.84. The number of nitrogens with zero attached hydrogens (tertiary/aromatic N) is 1. The van der Waals surface area contributed by atoms with E-state index in [9.17, 15) is 14.4 Å². The van der Waals surface area contributed by atoms with E-state index in [1.807, 2.05) is 0 Å². The van der Waals surface area contributed by atoms with Crippen LogP contribution in [0.25, 0.3) is 0 Å². The molecule has 128 valence electrons. The minimum absolute atomic E-state index is 0.124. The minimum atomic E-state index is -0.345. The molecular formula is C18H23N3O3. The van der Waals surface area contributed by atoms with Crippen LogP contribution in [0.5, 0.6) is 0 Å². The number of amides is 3. The molecule has 1 aliphatic carbocycles. The lowest BCUT2D eigenvalue weighted by molar-refractivity contribution is -0.123. The van der Waals surface area contributed by atoms with Crippen LogP contribution in [0.2, 0.25) is 0 Å². The summed E-state index contributed by atoms with van der Waals surface area (Å²) in [4.78, 5) is 37.5.